The summed E-state index contributed by atoms with van der Waals surface area (Å²) < 4.78 is 6.03. The average molecular weight is 472 g/mol. The van der Waals surface area contributed by atoms with Crippen LogP contribution in [0, 0.1) is 3.57 Å². The first-order chi connectivity index (χ1) is 12.4. The van der Waals surface area contributed by atoms with Crippen LogP contribution in [-0.4, -0.2) is 47.9 Å². The molecule has 1 aliphatic heterocycles. The normalized spacial score (nSPS) is 18.1. The van der Waals surface area contributed by atoms with Crippen LogP contribution in [-0.2, 0) is 14.3 Å². The number of rotatable bonds is 6. The number of benzene rings is 1. The van der Waals surface area contributed by atoms with Gasteiger partial charge in [-0.15, -0.1) is 0 Å². The van der Waals surface area contributed by atoms with Gasteiger partial charge >= 0.3 is 5.97 Å². The maximum atomic E-state index is 12.6. The van der Waals surface area contributed by atoms with Gasteiger partial charge in [0.05, 0.1) is 5.56 Å². The highest BCUT2D eigenvalue weighted by atomic mass is 127. The van der Waals surface area contributed by atoms with Crippen LogP contribution in [0.3, 0.4) is 0 Å². The minimum absolute atomic E-state index is 0.158. The van der Waals surface area contributed by atoms with Crippen LogP contribution in [0.2, 0.25) is 0 Å². The second kappa shape index (κ2) is 9.89. The van der Waals surface area contributed by atoms with Crippen molar-refractivity contribution in [2.45, 2.75) is 51.7 Å². The van der Waals surface area contributed by atoms with Gasteiger partial charge in [-0.3, -0.25) is 14.4 Å². The number of amides is 2. The largest absolute Gasteiger partial charge is 0.451 e. The number of esters is 1. The molecule has 1 saturated heterocycles. The number of likely N-dealkylation sites (tertiary alicyclic amines) is 1. The van der Waals surface area contributed by atoms with E-state index in [1.54, 1.807) is 19.1 Å². The highest BCUT2D eigenvalue weighted by Gasteiger charge is 2.30. The number of carbonyl (C=O) groups is 3. The predicted molar refractivity (Wildman–Crippen MR) is 107 cm³/mol. The zero-order valence-electron chi connectivity index (χ0n) is 15.2. The van der Waals surface area contributed by atoms with Crippen molar-refractivity contribution >= 4 is 40.4 Å². The lowest BCUT2D eigenvalue weighted by Crippen LogP contribution is -2.48. The molecule has 0 saturated carbocycles. The Morgan fingerprint density at radius 3 is 2.73 bits per heavy atom. The van der Waals surface area contributed by atoms with E-state index in [2.05, 4.69) is 34.8 Å². The summed E-state index contributed by atoms with van der Waals surface area (Å²) in [5.41, 5.74) is 0.504. The predicted octanol–water partition coefficient (Wildman–Crippen LogP) is 2.74. The van der Waals surface area contributed by atoms with Crippen molar-refractivity contribution in [3.63, 3.8) is 0 Å². The van der Waals surface area contributed by atoms with Gasteiger partial charge in [0.15, 0.2) is 6.10 Å². The Kier molecular flexibility index (Phi) is 7.86. The number of piperidine rings is 1. The van der Waals surface area contributed by atoms with Crippen LogP contribution in [0.5, 0.6) is 0 Å². The Balaban J connectivity index is 1.84. The molecule has 7 heteroatoms. The number of hydrogen-bond donors (Lipinski definition) is 1. The molecule has 2 atom stereocenters. The van der Waals surface area contributed by atoms with E-state index in [0.29, 0.717) is 12.1 Å². The quantitative estimate of drug-likeness (QED) is 0.511. The molecule has 1 aromatic rings. The van der Waals surface area contributed by atoms with Gasteiger partial charge in [0.2, 0.25) is 0 Å². The highest BCUT2D eigenvalue weighted by Crippen LogP contribution is 2.20. The summed E-state index contributed by atoms with van der Waals surface area (Å²) in [4.78, 5) is 38.5. The molecule has 1 aromatic carbocycles. The van der Waals surface area contributed by atoms with Crippen molar-refractivity contribution in [1.29, 1.82) is 0 Å². The molecule has 0 aliphatic carbocycles. The maximum Gasteiger partial charge on any atom is 0.326 e. The van der Waals surface area contributed by atoms with Crippen molar-refractivity contribution < 1.29 is 19.1 Å². The van der Waals surface area contributed by atoms with E-state index in [0.717, 1.165) is 29.3 Å². The number of halogens is 1. The van der Waals surface area contributed by atoms with E-state index in [1.165, 1.54) is 0 Å². The third-order valence-corrected chi connectivity index (χ3v) is 5.49. The monoisotopic (exact) mass is 472 g/mol. The molecule has 1 heterocycles. The lowest BCUT2D eigenvalue weighted by molar-refractivity contribution is -0.160. The molecule has 0 radical (unpaired) electrons. The van der Waals surface area contributed by atoms with Gasteiger partial charge in [-0.25, -0.2) is 0 Å². The molecule has 0 aromatic heterocycles. The van der Waals surface area contributed by atoms with E-state index in [-0.39, 0.29) is 24.4 Å². The molecule has 2 amide bonds. The van der Waals surface area contributed by atoms with E-state index < -0.39 is 12.1 Å². The Morgan fingerprint density at radius 1 is 1.31 bits per heavy atom. The third kappa shape index (κ3) is 5.43. The first-order valence-corrected chi connectivity index (χ1v) is 10.0. The topological polar surface area (TPSA) is 75.7 Å². The molecule has 26 heavy (non-hydrogen) atoms. The zero-order valence-corrected chi connectivity index (χ0v) is 17.3. The summed E-state index contributed by atoms with van der Waals surface area (Å²) in [5.74, 6) is -1.11. The lowest BCUT2D eigenvalue weighted by atomic mass is 9.99. The summed E-state index contributed by atoms with van der Waals surface area (Å²) in [6, 6.07) is 7.33. The second-order valence-corrected chi connectivity index (χ2v) is 7.55. The summed E-state index contributed by atoms with van der Waals surface area (Å²) in [6.07, 6.45) is 3.16. The SMILES string of the molecule is CCC1CCCCN1C(=O)C(C)OC(=O)CNC(=O)c1ccccc1I. The fourth-order valence-corrected chi connectivity index (χ4v) is 3.76. The van der Waals surface area contributed by atoms with Crippen LogP contribution in [0.15, 0.2) is 24.3 Å². The van der Waals surface area contributed by atoms with Crippen molar-refractivity contribution in [2.24, 2.45) is 0 Å². The molecule has 1 fully saturated rings. The van der Waals surface area contributed by atoms with Crippen LogP contribution < -0.4 is 5.32 Å². The van der Waals surface area contributed by atoms with Gasteiger partial charge in [-0.1, -0.05) is 19.1 Å². The van der Waals surface area contributed by atoms with Crippen molar-refractivity contribution in [1.82, 2.24) is 10.2 Å². The third-order valence-electron chi connectivity index (χ3n) is 4.55. The molecule has 0 spiro atoms. The minimum atomic E-state index is -0.844. The fourth-order valence-electron chi connectivity index (χ4n) is 3.13. The molecule has 2 unspecified atom stereocenters. The first kappa shape index (κ1) is 20.7. The van der Waals surface area contributed by atoms with Crippen molar-refractivity contribution in [2.75, 3.05) is 13.1 Å². The first-order valence-electron chi connectivity index (χ1n) is 8.96. The molecule has 142 valence electrons. The smallest absolute Gasteiger partial charge is 0.326 e. The molecule has 0 bridgehead atoms. The second-order valence-electron chi connectivity index (χ2n) is 6.38. The number of carbonyl (C=O) groups excluding carboxylic acids is 3. The summed E-state index contributed by atoms with van der Waals surface area (Å²) >= 11 is 2.06. The van der Waals surface area contributed by atoms with Crippen LogP contribution in [0.4, 0.5) is 0 Å². The molecule has 1 N–H and O–H groups in total. The van der Waals surface area contributed by atoms with Crippen molar-refractivity contribution in [3.05, 3.63) is 33.4 Å². The van der Waals surface area contributed by atoms with E-state index in [9.17, 15) is 14.4 Å². The number of nitrogens with one attached hydrogen (secondary N) is 1. The van der Waals surface area contributed by atoms with Crippen LogP contribution in [0.25, 0.3) is 0 Å². The van der Waals surface area contributed by atoms with E-state index in [4.69, 9.17) is 4.74 Å². The van der Waals surface area contributed by atoms with Gasteiger partial charge in [-0.2, -0.15) is 0 Å². The number of hydrogen-bond acceptors (Lipinski definition) is 4. The summed E-state index contributed by atoms with van der Waals surface area (Å²) in [7, 11) is 0. The summed E-state index contributed by atoms with van der Waals surface area (Å²) in [6.45, 7) is 4.10. The van der Waals surface area contributed by atoms with Gasteiger partial charge in [0.25, 0.3) is 11.8 Å². The Hall–Kier alpha value is -1.64. The van der Waals surface area contributed by atoms with E-state index in [1.807, 2.05) is 17.0 Å². The average Bonchev–Trinajstić information content (AvgIpc) is 2.65. The van der Waals surface area contributed by atoms with Crippen LogP contribution >= 0.6 is 22.6 Å². The molecular weight excluding hydrogens is 447 g/mol. The standard InChI is InChI=1S/C19H25IN2O4/c1-3-14-8-6-7-11-22(14)19(25)13(2)26-17(23)12-21-18(24)15-9-4-5-10-16(15)20/h4-5,9-10,13-14H,3,6-8,11-12H2,1-2H3,(H,21,24). The fraction of sp³-hybridized carbons (Fsp3) is 0.526. The maximum absolute atomic E-state index is 12.6. The van der Waals surface area contributed by atoms with Crippen LogP contribution in [0.1, 0.15) is 49.9 Å². The summed E-state index contributed by atoms with van der Waals surface area (Å²) in [5, 5.41) is 2.54. The Bertz CT molecular complexity index is 665. The molecule has 2 rings (SSSR count). The Morgan fingerprint density at radius 2 is 2.04 bits per heavy atom. The lowest BCUT2D eigenvalue weighted by Gasteiger charge is -2.36. The van der Waals surface area contributed by atoms with Gasteiger partial charge in [0, 0.05) is 16.2 Å². The number of nitrogens with zero attached hydrogens (tertiary/aromatic N) is 1. The minimum Gasteiger partial charge on any atom is -0.451 e. The van der Waals surface area contributed by atoms with Gasteiger partial charge in [0.1, 0.15) is 6.54 Å². The van der Waals surface area contributed by atoms with Gasteiger partial charge in [-0.05, 0) is 67.3 Å². The molecule has 6 nitrogen and oxygen atoms in total. The number of ether oxygens (including phenoxy) is 1. The van der Waals surface area contributed by atoms with Gasteiger partial charge < -0.3 is 15.0 Å². The highest BCUT2D eigenvalue weighted by molar-refractivity contribution is 14.1. The zero-order chi connectivity index (χ0) is 19.1. The van der Waals surface area contributed by atoms with Crippen molar-refractivity contribution in [3.8, 4) is 0 Å². The molecule has 1 aliphatic rings. The molecular formula is C19H25IN2O4. The van der Waals surface area contributed by atoms with E-state index >= 15 is 0 Å². The Labute approximate surface area is 167 Å².